The largest absolute Gasteiger partial charge is 0.417 e. The number of rotatable bonds is 5. The molecular formula is C45H29F3N2O2. The molecule has 7 heteroatoms. The first-order valence-electron chi connectivity index (χ1n) is 16.9. The van der Waals surface area contributed by atoms with E-state index in [-0.39, 0.29) is 10.9 Å². The quantitative estimate of drug-likeness (QED) is 0.196. The number of hydrogen-bond acceptors (Lipinski definition) is 2. The molecule has 0 aliphatic carbocycles. The van der Waals surface area contributed by atoms with Gasteiger partial charge in [-0.05, 0) is 64.7 Å². The summed E-state index contributed by atoms with van der Waals surface area (Å²) in [5, 5.41) is 13.0. The Hall–Kier alpha value is -6.44. The zero-order valence-electron chi connectivity index (χ0n) is 27.5. The molecule has 4 nitrogen and oxygen atoms in total. The van der Waals surface area contributed by atoms with Crippen molar-refractivity contribution in [3.05, 3.63) is 180 Å². The minimum Gasteiger partial charge on any atom is -0.369 e. The topological polar surface area (TPSA) is 45.5 Å². The second kappa shape index (κ2) is 12.1. The molecule has 8 aromatic rings. The molecule has 1 N–H and O–H groups in total. The summed E-state index contributed by atoms with van der Waals surface area (Å²) in [5.74, 6) is -0.414. The molecule has 0 spiro atoms. The van der Waals surface area contributed by atoms with Gasteiger partial charge in [0.25, 0.3) is 5.91 Å². The molecule has 1 aliphatic heterocycles. The van der Waals surface area contributed by atoms with E-state index in [2.05, 4.69) is 0 Å². The highest BCUT2D eigenvalue weighted by Crippen LogP contribution is 2.50. The zero-order chi connectivity index (χ0) is 35.6. The summed E-state index contributed by atoms with van der Waals surface area (Å²) in [6.45, 7) is 0. The zero-order valence-corrected chi connectivity index (χ0v) is 27.5. The third-order valence-electron chi connectivity index (χ3n) is 9.91. The number of nitrogens with zero attached hydrogens (tertiary/aromatic N) is 2. The van der Waals surface area contributed by atoms with Crippen molar-refractivity contribution in [3.63, 3.8) is 0 Å². The van der Waals surface area contributed by atoms with Crippen LogP contribution in [0.15, 0.2) is 164 Å². The molecule has 1 unspecified atom stereocenters. The molecule has 9 rings (SSSR count). The van der Waals surface area contributed by atoms with Crippen molar-refractivity contribution in [2.75, 3.05) is 4.90 Å². The number of aliphatic hydroxyl groups is 1. The van der Waals surface area contributed by atoms with Gasteiger partial charge < -0.3 is 9.67 Å². The molecule has 1 aromatic heterocycles. The Labute approximate surface area is 297 Å². The van der Waals surface area contributed by atoms with Gasteiger partial charge in [0, 0.05) is 33.0 Å². The van der Waals surface area contributed by atoms with Crippen LogP contribution >= 0.6 is 0 Å². The number of carbonyl (C=O) groups excluding carboxylic acids is 1. The molecule has 52 heavy (non-hydrogen) atoms. The Bertz CT molecular complexity index is 2590. The van der Waals surface area contributed by atoms with Crippen molar-refractivity contribution in [2.24, 2.45) is 0 Å². The molecule has 252 valence electrons. The summed E-state index contributed by atoms with van der Waals surface area (Å²) in [6, 6.07) is 49.7. The first-order chi connectivity index (χ1) is 25.3. The van der Waals surface area contributed by atoms with Crippen LogP contribution in [0, 0.1) is 0 Å². The van der Waals surface area contributed by atoms with Gasteiger partial charge in [-0.3, -0.25) is 9.69 Å². The molecule has 1 amide bonds. The van der Waals surface area contributed by atoms with Gasteiger partial charge in [-0.1, -0.05) is 121 Å². The third-order valence-corrected chi connectivity index (χ3v) is 9.91. The van der Waals surface area contributed by atoms with Crippen LogP contribution in [-0.4, -0.2) is 15.6 Å². The van der Waals surface area contributed by atoms with Crippen molar-refractivity contribution < 1.29 is 23.1 Å². The van der Waals surface area contributed by atoms with Crippen LogP contribution in [0.2, 0.25) is 0 Å². The van der Waals surface area contributed by atoms with Gasteiger partial charge in [0.05, 0.1) is 28.0 Å². The van der Waals surface area contributed by atoms with Crippen molar-refractivity contribution in [1.29, 1.82) is 0 Å². The van der Waals surface area contributed by atoms with Gasteiger partial charge in [-0.25, -0.2) is 0 Å². The average Bonchev–Trinajstić information content (AvgIpc) is 3.65. The van der Waals surface area contributed by atoms with Gasteiger partial charge >= 0.3 is 6.18 Å². The van der Waals surface area contributed by atoms with Crippen LogP contribution < -0.4 is 4.90 Å². The van der Waals surface area contributed by atoms with Crippen LogP contribution in [0.5, 0.6) is 0 Å². The second-order valence-corrected chi connectivity index (χ2v) is 12.9. The smallest absolute Gasteiger partial charge is 0.369 e. The van der Waals surface area contributed by atoms with Crippen molar-refractivity contribution in [2.45, 2.75) is 12.4 Å². The van der Waals surface area contributed by atoms with Gasteiger partial charge in [0.1, 0.15) is 0 Å². The molecule has 0 fully saturated rings. The number of carbonyl (C=O) groups is 1. The molecule has 0 bridgehead atoms. The van der Waals surface area contributed by atoms with Crippen LogP contribution in [0.4, 0.5) is 18.9 Å². The van der Waals surface area contributed by atoms with E-state index < -0.39 is 23.9 Å². The lowest BCUT2D eigenvalue weighted by atomic mass is 9.90. The second-order valence-electron chi connectivity index (χ2n) is 12.9. The molecule has 7 aromatic carbocycles. The highest BCUT2D eigenvalue weighted by molar-refractivity contribution is 6.17. The predicted octanol–water partition coefficient (Wildman–Crippen LogP) is 11.5. The monoisotopic (exact) mass is 686 g/mol. The number of alkyl halides is 3. The maximum Gasteiger partial charge on any atom is 0.417 e. The fraction of sp³-hybridized carbons (Fsp3) is 0.0444. The van der Waals surface area contributed by atoms with Crippen molar-refractivity contribution in [1.82, 2.24) is 4.57 Å². The number of amides is 1. The number of fused-ring (bicyclic) bond motifs is 4. The Morgan fingerprint density at radius 2 is 1.08 bits per heavy atom. The lowest BCUT2D eigenvalue weighted by Crippen LogP contribution is -2.29. The molecule has 0 radical (unpaired) electrons. The maximum atomic E-state index is 14.8. The van der Waals surface area contributed by atoms with E-state index in [1.165, 1.54) is 11.0 Å². The van der Waals surface area contributed by atoms with E-state index in [9.17, 15) is 23.1 Å². The normalized spacial score (nSPS) is 14.3. The summed E-state index contributed by atoms with van der Waals surface area (Å²) >= 11 is 0. The number of halogens is 3. The highest BCUT2D eigenvalue weighted by Gasteiger charge is 2.42. The minimum absolute atomic E-state index is 0.0631. The Morgan fingerprint density at radius 1 is 0.538 bits per heavy atom. The van der Waals surface area contributed by atoms with E-state index in [1.807, 2.05) is 103 Å². The molecule has 0 saturated heterocycles. The van der Waals surface area contributed by atoms with E-state index in [0.29, 0.717) is 33.4 Å². The summed E-state index contributed by atoms with van der Waals surface area (Å²) in [6.07, 6.45) is -6.05. The SMILES string of the molecule is O=C1c2cccc(-n3c4ccccc4c4c(C(F)(F)F)cccc43)c2C(O)N1c1c(-c2ccccc2)cc(-c2ccccc2)cc1-c1ccccc1. The van der Waals surface area contributed by atoms with Crippen LogP contribution in [0.25, 0.3) is 60.9 Å². The number of hydrogen-bond donors (Lipinski definition) is 1. The molecular weight excluding hydrogens is 658 g/mol. The summed E-state index contributed by atoms with van der Waals surface area (Å²) in [4.78, 5) is 16.2. The van der Waals surface area contributed by atoms with Crippen LogP contribution in [0.3, 0.4) is 0 Å². The Morgan fingerprint density at radius 3 is 1.69 bits per heavy atom. The standard InChI is InChI=1S/C45H29F3N2O2/c46-45(47,48)36-22-13-25-38-40(36)32-20-10-11-23-37(32)49(38)39-24-12-21-33-41(39)44(52)50(43(33)51)42-34(29-16-6-2-7-17-29)26-31(28-14-4-1-5-15-28)27-35(42)30-18-8-3-9-19-30/h1-27,44,52H. The predicted molar refractivity (Wildman–Crippen MR) is 200 cm³/mol. The van der Waals surface area contributed by atoms with Gasteiger partial charge in [0.2, 0.25) is 0 Å². The van der Waals surface area contributed by atoms with E-state index in [4.69, 9.17) is 0 Å². The van der Waals surface area contributed by atoms with Gasteiger partial charge in [-0.15, -0.1) is 0 Å². The molecule has 2 heterocycles. The average molecular weight is 687 g/mol. The maximum absolute atomic E-state index is 14.8. The van der Waals surface area contributed by atoms with E-state index >= 15 is 0 Å². The molecule has 1 atom stereocenters. The van der Waals surface area contributed by atoms with E-state index in [1.54, 1.807) is 53.1 Å². The van der Waals surface area contributed by atoms with Gasteiger partial charge in [0.15, 0.2) is 6.23 Å². The first kappa shape index (κ1) is 31.5. The number of anilines is 1. The summed E-state index contributed by atoms with van der Waals surface area (Å²) < 4.78 is 45.0. The fourth-order valence-electron chi connectivity index (χ4n) is 7.68. The van der Waals surface area contributed by atoms with E-state index in [0.717, 1.165) is 39.4 Å². The van der Waals surface area contributed by atoms with Crippen LogP contribution in [-0.2, 0) is 6.18 Å². The number of aliphatic hydroxyl groups excluding tert-OH is 1. The number of para-hydroxylation sites is 1. The summed E-state index contributed by atoms with van der Waals surface area (Å²) in [5.41, 5.74) is 6.77. The van der Waals surface area contributed by atoms with Crippen molar-refractivity contribution >= 4 is 33.4 Å². The van der Waals surface area contributed by atoms with Crippen LogP contribution in [0.1, 0.15) is 27.7 Å². The molecule has 0 saturated carbocycles. The fourth-order valence-corrected chi connectivity index (χ4v) is 7.68. The lowest BCUT2D eigenvalue weighted by molar-refractivity contribution is -0.136. The highest BCUT2D eigenvalue weighted by atomic mass is 19.4. The third kappa shape index (κ3) is 4.93. The summed E-state index contributed by atoms with van der Waals surface area (Å²) in [7, 11) is 0. The number of benzene rings is 7. The van der Waals surface area contributed by atoms with Gasteiger partial charge in [-0.2, -0.15) is 13.2 Å². The van der Waals surface area contributed by atoms with Crippen molar-refractivity contribution in [3.8, 4) is 39.1 Å². The Kier molecular flexibility index (Phi) is 7.34. The lowest BCUT2D eigenvalue weighted by Gasteiger charge is -2.28. The minimum atomic E-state index is -4.59. The molecule has 1 aliphatic rings. The first-order valence-corrected chi connectivity index (χ1v) is 16.9. The Balaban J connectivity index is 1.32. The number of aromatic nitrogens is 1.